The van der Waals surface area contributed by atoms with E-state index in [1.807, 2.05) is 6.92 Å². The molecule has 0 spiro atoms. The van der Waals surface area contributed by atoms with Crippen LogP contribution in [0.15, 0.2) is 47.4 Å². The summed E-state index contributed by atoms with van der Waals surface area (Å²) >= 11 is 5.92. The zero-order chi connectivity index (χ0) is 18.6. The number of amides is 1. The molecule has 2 aromatic carbocycles. The number of hydrogen-bond acceptors (Lipinski definition) is 4. The van der Waals surface area contributed by atoms with Crippen LogP contribution >= 0.6 is 11.6 Å². The fourth-order valence-corrected chi connectivity index (χ4v) is 3.47. The first kappa shape index (κ1) is 19.2. The van der Waals surface area contributed by atoms with E-state index in [1.54, 1.807) is 24.3 Å². The highest BCUT2D eigenvalue weighted by Crippen LogP contribution is 2.27. The Hall–Kier alpha value is -2.09. The van der Waals surface area contributed by atoms with Gasteiger partial charge in [0.25, 0.3) is 0 Å². The van der Waals surface area contributed by atoms with E-state index in [2.05, 4.69) is 10.0 Å². The zero-order valence-corrected chi connectivity index (χ0v) is 15.6. The summed E-state index contributed by atoms with van der Waals surface area (Å²) < 4.78 is 32.2. The number of sulfonamides is 1. The Kier molecular flexibility index (Phi) is 6.05. The van der Waals surface area contributed by atoms with Crippen LogP contribution in [0.25, 0.3) is 0 Å². The van der Waals surface area contributed by atoms with Crippen molar-refractivity contribution in [3.63, 3.8) is 0 Å². The first-order valence-electron chi connectivity index (χ1n) is 7.46. The third kappa shape index (κ3) is 4.94. The van der Waals surface area contributed by atoms with E-state index >= 15 is 0 Å². The molecule has 0 saturated carbocycles. The number of aryl methyl sites for hydroxylation is 1. The zero-order valence-electron chi connectivity index (χ0n) is 14.0. The van der Waals surface area contributed by atoms with E-state index in [1.165, 1.54) is 32.2 Å². The lowest BCUT2D eigenvalue weighted by Crippen LogP contribution is -2.41. The monoisotopic (exact) mass is 382 g/mol. The van der Waals surface area contributed by atoms with Gasteiger partial charge in [0.1, 0.15) is 5.75 Å². The van der Waals surface area contributed by atoms with Crippen LogP contribution in [0.2, 0.25) is 5.02 Å². The highest BCUT2D eigenvalue weighted by atomic mass is 35.5. The van der Waals surface area contributed by atoms with Crippen molar-refractivity contribution in [2.45, 2.75) is 24.8 Å². The van der Waals surface area contributed by atoms with Gasteiger partial charge in [0.15, 0.2) is 0 Å². The Morgan fingerprint density at radius 3 is 2.40 bits per heavy atom. The lowest BCUT2D eigenvalue weighted by Gasteiger charge is -2.16. The molecule has 0 heterocycles. The highest BCUT2D eigenvalue weighted by molar-refractivity contribution is 7.89. The summed E-state index contributed by atoms with van der Waals surface area (Å²) in [4.78, 5) is 12.4. The molecule has 6 nitrogen and oxygen atoms in total. The molecule has 2 N–H and O–H groups in total. The molecule has 0 saturated heterocycles. The van der Waals surface area contributed by atoms with Gasteiger partial charge in [0, 0.05) is 5.02 Å². The lowest BCUT2D eigenvalue weighted by atomic mass is 10.2. The van der Waals surface area contributed by atoms with Gasteiger partial charge in [-0.1, -0.05) is 29.3 Å². The summed E-state index contributed by atoms with van der Waals surface area (Å²) in [5.41, 5.74) is 1.30. The lowest BCUT2D eigenvalue weighted by molar-refractivity contribution is -0.117. The molecule has 0 aliphatic rings. The number of benzene rings is 2. The van der Waals surface area contributed by atoms with E-state index in [0.29, 0.717) is 16.5 Å². The smallest absolute Gasteiger partial charge is 0.242 e. The van der Waals surface area contributed by atoms with Crippen LogP contribution in [-0.4, -0.2) is 27.5 Å². The average Bonchev–Trinajstić information content (AvgIpc) is 2.55. The van der Waals surface area contributed by atoms with Crippen molar-refractivity contribution in [3.8, 4) is 5.75 Å². The fraction of sp³-hybridized carbons (Fsp3) is 0.235. The van der Waals surface area contributed by atoms with Crippen molar-refractivity contribution in [2.75, 3.05) is 12.4 Å². The van der Waals surface area contributed by atoms with Crippen LogP contribution < -0.4 is 14.8 Å². The number of ether oxygens (including phenoxy) is 1. The second-order valence-electron chi connectivity index (χ2n) is 5.49. The number of carbonyl (C=O) groups is 1. The Balaban J connectivity index is 2.12. The minimum Gasteiger partial charge on any atom is -0.495 e. The predicted molar refractivity (Wildman–Crippen MR) is 97.6 cm³/mol. The van der Waals surface area contributed by atoms with Crippen LogP contribution in [0.5, 0.6) is 5.75 Å². The minimum atomic E-state index is -3.81. The van der Waals surface area contributed by atoms with Gasteiger partial charge in [0.05, 0.1) is 23.7 Å². The third-order valence-electron chi connectivity index (χ3n) is 3.48. The minimum absolute atomic E-state index is 0.0955. The fourth-order valence-electron chi connectivity index (χ4n) is 2.09. The van der Waals surface area contributed by atoms with Gasteiger partial charge in [-0.05, 0) is 44.2 Å². The Bertz CT molecular complexity index is 867. The van der Waals surface area contributed by atoms with Crippen molar-refractivity contribution < 1.29 is 17.9 Å². The van der Waals surface area contributed by atoms with Gasteiger partial charge in [-0.3, -0.25) is 4.79 Å². The van der Waals surface area contributed by atoms with Crippen molar-refractivity contribution in [2.24, 2.45) is 0 Å². The number of anilines is 1. The normalized spacial score (nSPS) is 12.5. The van der Waals surface area contributed by atoms with Gasteiger partial charge >= 0.3 is 0 Å². The quantitative estimate of drug-likeness (QED) is 0.804. The molecule has 1 atom stereocenters. The topological polar surface area (TPSA) is 84.5 Å². The number of carbonyl (C=O) groups excluding carboxylic acids is 1. The highest BCUT2D eigenvalue weighted by Gasteiger charge is 2.22. The maximum absolute atomic E-state index is 12.4. The Morgan fingerprint density at radius 1 is 1.16 bits per heavy atom. The summed E-state index contributed by atoms with van der Waals surface area (Å²) in [5, 5.41) is 3.03. The molecule has 0 radical (unpaired) electrons. The summed E-state index contributed by atoms with van der Waals surface area (Å²) in [5.74, 6) is -0.109. The molecule has 0 bridgehead atoms. The van der Waals surface area contributed by atoms with Crippen LogP contribution in [0.4, 0.5) is 5.69 Å². The molecule has 2 aromatic rings. The number of nitrogens with one attached hydrogen (secondary N) is 2. The number of hydrogen-bond donors (Lipinski definition) is 2. The molecule has 0 aromatic heterocycles. The number of rotatable bonds is 6. The van der Waals surface area contributed by atoms with E-state index in [0.717, 1.165) is 5.56 Å². The molecule has 25 heavy (non-hydrogen) atoms. The van der Waals surface area contributed by atoms with Crippen molar-refractivity contribution in [1.29, 1.82) is 0 Å². The van der Waals surface area contributed by atoms with Gasteiger partial charge in [-0.25, -0.2) is 8.42 Å². The van der Waals surface area contributed by atoms with E-state index in [-0.39, 0.29) is 4.90 Å². The average molecular weight is 383 g/mol. The summed E-state index contributed by atoms with van der Waals surface area (Å²) in [6, 6.07) is 10.1. The van der Waals surface area contributed by atoms with Gasteiger partial charge in [-0.2, -0.15) is 4.72 Å². The molecular weight excluding hydrogens is 364 g/mol. The summed E-state index contributed by atoms with van der Waals surface area (Å²) in [7, 11) is -2.34. The SMILES string of the molecule is COc1ccc(Cl)cc1NC(=O)[C@@H](C)NS(=O)(=O)c1ccc(C)cc1. The summed E-state index contributed by atoms with van der Waals surface area (Å²) in [6.45, 7) is 3.32. The molecular formula is C17H19ClN2O4S. The van der Waals surface area contributed by atoms with Gasteiger partial charge in [0.2, 0.25) is 15.9 Å². The van der Waals surface area contributed by atoms with E-state index in [4.69, 9.17) is 16.3 Å². The molecule has 0 unspecified atom stereocenters. The Morgan fingerprint density at radius 2 is 1.80 bits per heavy atom. The van der Waals surface area contributed by atoms with E-state index in [9.17, 15) is 13.2 Å². The molecule has 8 heteroatoms. The maximum atomic E-state index is 12.4. The van der Waals surface area contributed by atoms with Crippen LogP contribution in [0, 0.1) is 6.92 Å². The predicted octanol–water partition coefficient (Wildman–Crippen LogP) is 2.96. The molecule has 0 aliphatic carbocycles. The second kappa shape index (κ2) is 7.86. The van der Waals surface area contributed by atoms with Gasteiger partial charge in [-0.15, -0.1) is 0 Å². The molecule has 0 fully saturated rings. The van der Waals surface area contributed by atoms with Crippen molar-refractivity contribution >= 4 is 33.2 Å². The van der Waals surface area contributed by atoms with Crippen molar-refractivity contribution in [3.05, 3.63) is 53.1 Å². The van der Waals surface area contributed by atoms with E-state index < -0.39 is 22.0 Å². The van der Waals surface area contributed by atoms with Crippen LogP contribution in [-0.2, 0) is 14.8 Å². The summed E-state index contributed by atoms with van der Waals surface area (Å²) in [6.07, 6.45) is 0. The number of methoxy groups -OCH3 is 1. The molecule has 134 valence electrons. The number of halogens is 1. The van der Waals surface area contributed by atoms with Crippen LogP contribution in [0.1, 0.15) is 12.5 Å². The first-order valence-corrected chi connectivity index (χ1v) is 9.32. The maximum Gasteiger partial charge on any atom is 0.242 e. The third-order valence-corrected chi connectivity index (χ3v) is 5.27. The molecule has 0 aliphatic heterocycles. The standard InChI is InChI=1S/C17H19ClN2O4S/c1-11-4-7-14(8-5-11)25(22,23)20-12(2)17(21)19-15-10-13(18)6-9-16(15)24-3/h4-10,12,20H,1-3H3,(H,19,21)/t12-/m1/s1. The second-order valence-corrected chi connectivity index (χ2v) is 7.64. The van der Waals surface area contributed by atoms with Crippen LogP contribution in [0.3, 0.4) is 0 Å². The largest absolute Gasteiger partial charge is 0.495 e. The molecule has 1 amide bonds. The molecule has 2 rings (SSSR count). The Labute approximate surface area is 152 Å². The first-order chi connectivity index (χ1) is 11.7. The van der Waals surface area contributed by atoms with Crippen molar-refractivity contribution in [1.82, 2.24) is 4.72 Å². The van der Waals surface area contributed by atoms with Gasteiger partial charge < -0.3 is 10.1 Å².